The number of rotatable bonds is 5. The van der Waals surface area contributed by atoms with Crippen LogP contribution in [0.25, 0.3) is 0 Å². The van der Waals surface area contributed by atoms with Crippen molar-refractivity contribution in [2.24, 2.45) is 16.8 Å². The van der Waals surface area contributed by atoms with Gasteiger partial charge in [-0.2, -0.15) is 0 Å². The Balaban J connectivity index is 3.51. The maximum absolute atomic E-state index is 8.34. The highest BCUT2D eigenvalue weighted by molar-refractivity contribution is 5.84. The molecule has 0 spiro atoms. The van der Waals surface area contributed by atoms with E-state index in [9.17, 15) is 0 Å². The molecule has 0 saturated carbocycles. The Kier molecular flexibility index (Phi) is 5.45. The second-order valence-electron chi connectivity index (χ2n) is 3.38. The largest absolute Gasteiger partial charge is 0.409 e. The Hall–Kier alpha value is -0.770. The summed E-state index contributed by atoms with van der Waals surface area (Å²) in [7, 11) is 0. The molecular formula is C8H19N3O. The third kappa shape index (κ3) is 4.96. The molecule has 0 aliphatic heterocycles. The van der Waals surface area contributed by atoms with Crippen molar-refractivity contribution in [1.82, 2.24) is 5.32 Å². The van der Waals surface area contributed by atoms with Crippen LogP contribution in [0, 0.1) is 5.92 Å². The molecule has 0 aromatic carbocycles. The van der Waals surface area contributed by atoms with Gasteiger partial charge in [0.1, 0.15) is 0 Å². The van der Waals surface area contributed by atoms with Crippen LogP contribution >= 0.6 is 0 Å². The first kappa shape index (κ1) is 11.2. The number of nitrogens with two attached hydrogens (primary N) is 1. The van der Waals surface area contributed by atoms with Crippen molar-refractivity contribution >= 4 is 5.84 Å². The number of nitrogens with one attached hydrogen (secondary N) is 1. The quantitative estimate of drug-likeness (QED) is 0.249. The molecule has 0 bridgehead atoms. The molecule has 0 amide bonds. The summed E-state index contributed by atoms with van der Waals surface area (Å²) in [4.78, 5) is 0. The zero-order valence-corrected chi connectivity index (χ0v) is 8.04. The summed E-state index contributed by atoms with van der Waals surface area (Å²) in [5, 5.41) is 14.4. The van der Waals surface area contributed by atoms with Gasteiger partial charge in [-0.3, -0.25) is 0 Å². The molecule has 0 radical (unpaired) electrons. The minimum Gasteiger partial charge on any atom is -0.409 e. The second kappa shape index (κ2) is 5.83. The number of nitrogens with zero attached hydrogens (tertiary/aromatic N) is 1. The predicted molar refractivity (Wildman–Crippen MR) is 50.3 cm³/mol. The van der Waals surface area contributed by atoms with Crippen molar-refractivity contribution in [2.75, 3.05) is 6.54 Å². The molecule has 0 heterocycles. The standard InChI is InChI=1S/C8H19N3O/c1-6(2)4-5-10-7(3)8(9)11-12/h6-7,10,12H,4-5H2,1-3H3,(H2,9,11). The van der Waals surface area contributed by atoms with Gasteiger partial charge >= 0.3 is 0 Å². The first-order valence-corrected chi connectivity index (χ1v) is 4.28. The normalized spacial score (nSPS) is 15.2. The lowest BCUT2D eigenvalue weighted by Crippen LogP contribution is -2.39. The zero-order chi connectivity index (χ0) is 9.56. The number of amidine groups is 1. The van der Waals surface area contributed by atoms with Crippen molar-refractivity contribution in [2.45, 2.75) is 33.2 Å². The van der Waals surface area contributed by atoms with Gasteiger partial charge in [-0.05, 0) is 25.8 Å². The highest BCUT2D eigenvalue weighted by Gasteiger charge is 2.05. The van der Waals surface area contributed by atoms with Gasteiger partial charge in [0, 0.05) is 0 Å². The summed E-state index contributed by atoms with van der Waals surface area (Å²) in [6.07, 6.45) is 1.10. The van der Waals surface area contributed by atoms with Crippen LogP contribution in [-0.2, 0) is 0 Å². The molecule has 1 unspecified atom stereocenters. The van der Waals surface area contributed by atoms with Crippen LogP contribution in [0.1, 0.15) is 27.2 Å². The van der Waals surface area contributed by atoms with Crippen LogP contribution in [-0.4, -0.2) is 23.6 Å². The molecule has 0 saturated heterocycles. The molecule has 72 valence electrons. The number of hydrogen-bond acceptors (Lipinski definition) is 3. The minimum absolute atomic E-state index is 0.0475. The molecule has 0 rings (SSSR count). The molecular weight excluding hydrogens is 154 g/mol. The van der Waals surface area contributed by atoms with Gasteiger partial charge in [-0.1, -0.05) is 19.0 Å². The van der Waals surface area contributed by atoms with Crippen LogP contribution in [0.5, 0.6) is 0 Å². The number of oxime groups is 1. The fraction of sp³-hybridized carbons (Fsp3) is 0.875. The van der Waals surface area contributed by atoms with Crippen LogP contribution in [0.3, 0.4) is 0 Å². The average Bonchev–Trinajstić information content (AvgIpc) is 2.02. The molecule has 0 fully saturated rings. The van der Waals surface area contributed by atoms with Gasteiger partial charge in [0.25, 0.3) is 0 Å². The molecule has 0 aromatic rings. The Morgan fingerprint density at radius 2 is 2.08 bits per heavy atom. The summed E-state index contributed by atoms with van der Waals surface area (Å²) in [6.45, 7) is 7.09. The molecule has 0 aliphatic rings. The molecule has 0 aromatic heterocycles. The van der Waals surface area contributed by atoms with Gasteiger partial charge in [0.05, 0.1) is 6.04 Å². The van der Waals surface area contributed by atoms with Gasteiger partial charge in [-0.25, -0.2) is 0 Å². The average molecular weight is 173 g/mol. The van der Waals surface area contributed by atoms with E-state index in [0.29, 0.717) is 5.92 Å². The zero-order valence-electron chi connectivity index (χ0n) is 8.04. The fourth-order valence-corrected chi connectivity index (χ4v) is 0.780. The molecule has 4 heteroatoms. The van der Waals surface area contributed by atoms with E-state index in [2.05, 4.69) is 24.3 Å². The Morgan fingerprint density at radius 1 is 1.50 bits per heavy atom. The van der Waals surface area contributed by atoms with E-state index in [1.54, 1.807) is 0 Å². The van der Waals surface area contributed by atoms with Gasteiger partial charge in [0.15, 0.2) is 5.84 Å². The van der Waals surface area contributed by atoms with E-state index in [0.717, 1.165) is 13.0 Å². The summed E-state index contributed by atoms with van der Waals surface area (Å²) in [5.74, 6) is 0.913. The predicted octanol–water partition coefficient (Wildman–Crippen LogP) is 0.757. The fourth-order valence-electron chi connectivity index (χ4n) is 0.780. The van der Waals surface area contributed by atoms with E-state index in [1.165, 1.54) is 0 Å². The third-order valence-electron chi connectivity index (χ3n) is 1.73. The smallest absolute Gasteiger partial charge is 0.156 e. The highest BCUT2D eigenvalue weighted by atomic mass is 16.4. The SMILES string of the molecule is CC(C)CCNC(C)C(N)=NO. The van der Waals surface area contributed by atoms with Crippen molar-refractivity contribution in [3.63, 3.8) is 0 Å². The van der Waals surface area contributed by atoms with Crippen molar-refractivity contribution in [1.29, 1.82) is 0 Å². The summed E-state index contributed by atoms with van der Waals surface area (Å²) in [5.41, 5.74) is 5.37. The lowest BCUT2D eigenvalue weighted by Gasteiger charge is -2.12. The maximum atomic E-state index is 8.34. The molecule has 4 nitrogen and oxygen atoms in total. The van der Waals surface area contributed by atoms with E-state index in [1.807, 2.05) is 6.92 Å². The first-order valence-electron chi connectivity index (χ1n) is 4.28. The van der Waals surface area contributed by atoms with Gasteiger partial charge < -0.3 is 16.3 Å². The summed E-state index contributed by atoms with van der Waals surface area (Å²) in [6, 6.07) is -0.0475. The van der Waals surface area contributed by atoms with Gasteiger partial charge in [-0.15, -0.1) is 0 Å². The van der Waals surface area contributed by atoms with Crippen LogP contribution in [0.4, 0.5) is 0 Å². The lowest BCUT2D eigenvalue weighted by molar-refractivity contribution is 0.315. The van der Waals surface area contributed by atoms with Crippen LogP contribution in [0.2, 0.25) is 0 Å². The molecule has 12 heavy (non-hydrogen) atoms. The Morgan fingerprint density at radius 3 is 2.50 bits per heavy atom. The summed E-state index contributed by atoms with van der Waals surface area (Å²) >= 11 is 0. The first-order chi connectivity index (χ1) is 5.57. The van der Waals surface area contributed by atoms with E-state index in [4.69, 9.17) is 10.9 Å². The number of hydrogen-bond donors (Lipinski definition) is 3. The van der Waals surface area contributed by atoms with E-state index >= 15 is 0 Å². The molecule has 4 N–H and O–H groups in total. The van der Waals surface area contributed by atoms with E-state index < -0.39 is 0 Å². The minimum atomic E-state index is -0.0475. The molecule has 1 atom stereocenters. The Labute approximate surface area is 73.8 Å². The van der Waals surface area contributed by atoms with Crippen LogP contribution in [0.15, 0.2) is 5.16 Å². The summed E-state index contributed by atoms with van der Waals surface area (Å²) < 4.78 is 0. The third-order valence-corrected chi connectivity index (χ3v) is 1.73. The van der Waals surface area contributed by atoms with E-state index in [-0.39, 0.29) is 11.9 Å². The topological polar surface area (TPSA) is 70.6 Å². The maximum Gasteiger partial charge on any atom is 0.156 e. The lowest BCUT2D eigenvalue weighted by atomic mass is 10.1. The van der Waals surface area contributed by atoms with Crippen LogP contribution < -0.4 is 11.1 Å². The monoisotopic (exact) mass is 173 g/mol. The second-order valence-corrected chi connectivity index (χ2v) is 3.38. The van der Waals surface area contributed by atoms with Crippen molar-refractivity contribution in [3.05, 3.63) is 0 Å². The highest BCUT2D eigenvalue weighted by Crippen LogP contribution is 1.96. The van der Waals surface area contributed by atoms with Gasteiger partial charge in [0.2, 0.25) is 0 Å². The van der Waals surface area contributed by atoms with Crippen molar-refractivity contribution < 1.29 is 5.21 Å². The molecule has 0 aliphatic carbocycles. The van der Waals surface area contributed by atoms with Crippen molar-refractivity contribution in [3.8, 4) is 0 Å². The Bertz CT molecular complexity index is 145.